The van der Waals surface area contributed by atoms with Crippen LogP contribution in [0.15, 0.2) is 12.4 Å². The van der Waals surface area contributed by atoms with Crippen molar-refractivity contribution in [1.29, 1.82) is 0 Å². The van der Waals surface area contributed by atoms with Gasteiger partial charge in [0.2, 0.25) is 0 Å². The van der Waals surface area contributed by atoms with Crippen LogP contribution in [0.5, 0.6) is 0 Å². The first-order valence-electron chi connectivity index (χ1n) is 6.97. The second kappa shape index (κ2) is 5.72. The standard InChI is InChI=1S/C13H20N6O/c1-10-7-12(19-13(17-10)15-9-16-19)14-8-11(2)18-3-5-20-6-4-18/h7,9,11,14H,3-6,8H2,1-2H3/t11-/m0/s1. The molecule has 3 heterocycles. The van der Waals surface area contributed by atoms with Crippen LogP contribution in [0.2, 0.25) is 0 Å². The zero-order valence-corrected chi connectivity index (χ0v) is 11.9. The van der Waals surface area contributed by atoms with Crippen LogP contribution in [-0.4, -0.2) is 63.4 Å². The molecule has 7 nitrogen and oxygen atoms in total. The molecule has 7 heteroatoms. The summed E-state index contributed by atoms with van der Waals surface area (Å²) in [5, 5.41) is 7.65. The quantitative estimate of drug-likeness (QED) is 0.880. The van der Waals surface area contributed by atoms with E-state index in [9.17, 15) is 0 Å². The van der Waals surface area contributed by atoms with Crippen molar-refractivity contribution < 1.29 is 4.74 Å². The van der Waals surface area contributed by atoms with Crippen molar-refractivity contribution in [1.82, 2.24) is 24.5 Å². The summed E-state index contributed by atoms with van der Waals surface area (Å²) in [6.45, 7) is 8.69. The van der Waals surface area contributed by atoms with E-state index >= 15 is 0 Å². The van der Waals surface area contributed by atoms with Crippen LogP contribution in [0.4, 0.5) is 5.82 Å². The maximum Gasteiger partial charge on any atom is 0.254 e. The van der Waals surface area contributed by atoms with E-state index < -0.39 is 0 Å². The van der Waals surface area contributed by atoms with Crippen molar-refractivity contribution in [3.63, 3.8) is 0 Å². The monoisotopic (exact) mass is 276 g/mol. The second-order valence-corrected chi connectivity index (χ2v) is 5.13. The Balaban J connectivity index is 1.68. The minimum Gasteiger partial charge on any atom is -0.379 e. The molecular formula is C13H20N6O. The summed E-state index contributed by atoms with van der Waals surface area (Å²) in [7, 11) is 0. The maximum atomic E-state index is 5.38. The fourth-order valence-corrected chi connectivity index (χ4v) is 2.46. The van der Waals surface area contributed by atoms with Crippen molar-refractivity contribution in [2.24, 2.45) is 0 Å². The molecular weight excluding hydrogens is 256 g/mol. The molecule has 20 heavy (non-hydrogen) atoms. The number of anilines is 1. The number of aryl methyl sites for hydroxylation is 1. The van der Waals surface area contributed by atoms with Gasteiger partial charge >= 0.3 is 0 Å². The first kappa shape index (κ1) is 13.3. The van der Waals surface area contributed by atoms with Gasteiger partial charge in [-0.3, -0.25) is 4.90 Å². The molecule has 0 aliphatic carbocycles. The van der Waals surface area contributed by atoms with Crippen molar-refractivity contribution in [2.75, 3.05) is 38.2 Å². The maximum absolute atomic E-state index is 5.38. The number of nitrogens with one attached hydrogen (secondary N) is 1. The molecule has 0 unspecified atom stereocenters. The summed E-state index contributed by atoms with van der Waals surface area (Å²) in [5.74, 6) is 1.57. The Labute approximate surface area is 118 Å². The smallest absolute Gasteiger partial charge is 0.254 e. The lowest BCUT2D eigenvalue weighted by Crippen LogP contribution is -2.45. The minimum absolute atomic E-state index is 0.450. The van der Waals surface area contributed by atoms with Gasteiger partial charge in [-0.05, 0) is 13.8 Å². The lowest BCUT2D eigenvalue weighted by Gasteiger charge is -2.32. The number of nitrogens with zero attached hydrogens (tertiary/aromatic N) is 5. The van der Waals surface area contributed by atoms with E-state index in [0.717, 1.165) is 44.4 Å². The van der Waals surface area contributed by atoms with E-state index in [1.165, 1.54) is 6.33 Å². The highest BCUT2D eigenvalue weighted by molar-refractivity contribution is 5.44. The Morgan fingerprint density at radius 1 is 1.40 bits per heavy atom. The van der Waals surface area contributed by atoms with Crippen LogP contribution < -0.4 is 5.32 Å². The van der Waals surface area contributed by atoms with Gasteiger partial charge in [0.15, 0.2) is 0 Å². The molecule has 2 aromatic rings. The summed E-state index contributed by atoms with van der Waals surface area (Å²) >= 11 is 0. The zero-order valence-electron chi connectivity index (χ0n) is 11.9. The number of hydrogen-bond acceptors (Lipinski definition) is 6. The first-order valence-corrected chi connectivity index (χ1v) is 6.97. The van der Waals surface area contributed by atoms with E-state index in [2.05, 4.69) is 32.2 Å². The Morgan fingerprint density at radius 3 is 3.00 bits per heavy atom. The predicted molar refractivity (Wildman–Crippen MR) is 75.9 cm³/mol. The number of ether oxygens (including phenoxy) is 1. The van der Waals surface area contributed by atoms with Gasteiger partial charge in [0.25, 0.3) is 5.78 Å². The topological polar surface area (TPSA) is 67.6 Å². The lowest BCUT2D eigenvalue weighted by atomic mass is 10.2. The highest BCUT2D eigenvalue weighted by atomic mass is 16.5. The van der Waals surface area contributed by atoms with Crippen molar-refractivity contribution in [2.45, 2.75) is 19.9 Å². The van der Waals surface area contributed by atoms with Gasteiger partial charge in [-0.1, -0.05) is 0 Å². The van der Waals surface area contributed by atoms with Gasteiger partial charge in [-0.25, -0.2) is 4.98 Å². The van der Waals surface area contributed by atoms with Crippen LogP contribution in [0.25, 0.3) is 5.78 Å². The average Bonchev–Trinajstić information content (AvgIpc) is 2.93. The molecule has 3 rings (SSSR count). The van der Waals surface area contributed by atoms with Crippen molar-refractivity contribution in [3.05, 3.63) is 18.1 Å². The predicted octanol–water partition coefficient (Wildman–Crippen LogP) is 0.565. The Hall–Kier alpha value is -1.73. The van der Waals surface area contributed by atoms with Gasteiger partial charge in [0.1, 0.15) is 12.1 Å². The van der Waals surface area contributed by atoms with E-state index in [-0.39, 0.29) is 0 Å². The molecule has 0 radical (unpaired) electrons. The van der Waals surface area contributed by atoms with Gasteiger partial charge in [-0.15, -0.1) is 0 Å². The third-order valence-corrected chi connectivity index (χ3v) is 3.63. The molecule has 0 bridgehead atoms. The molecule has 0 aromatic carbocycles. The van der Waals surface area contributed by atoms with Gasteiger partial charge in [-0.2, -0.15) is 14.6 Å². The molecule has 0 amide bonds. The second-order valence-electron chi connectivity index (χ2n) is 5.13. The Bertz CT molecular complexity index is 577. The molecule has 0 spiro atoms. The molecule has 0 saturated carbocycles. The summed E-state index contributed by atoms with van der Waals surface area (Å²) in [6, 6.07) is 2.44. The Kier molecular flexibility index (Phi) is 3.79. The van der Waals surface area contributed by atoms with Crippen LogP contribution >= 0.6 is 0 Å². The van der Waals surface area contributed by atoms with Gasteiger partial charge in [0, 0.05) is 37.4 Å². The largest absolute Gasteiger partial charge is 0.379 e. The van der Waals surface area contributed by atoms with Crippen LogP contribution in [-0.2, 0) is 4.74 Å². The fraction of sp³-hybridized carbons (Fsp3) is 0.615. The van der Waals surface area contributed by atoms with Crippen molar-refractivity contribution in [3.8, 4) is 0 Å². The molecule has 1 N–H and O–H groups in total. The van der Waals surface area contributed by atoms with Gasteiger partial charge < -0.3 is 10.1 Å². The highest BCUT2D eigenvalue weighted by Crippen LogP contribution is 2.11. The average molecular weight is 276 g/mol. The first-order chi connectivity index (χ1) is 9.74. The lowest BCUT2D eigenvalue weighted by molar-refractivity contribution is 0.0227. The third kappa shape index (κ3) is 2.73. The van der Waals surface area contributed by atoms with E-state index in [1.54, 1.807) is 4.52 Å². The van der Waals surface area contributed by atoms with Crippen LogP contribution in [0.3, 0.4) is 0 Å². The summed E-state index contributed by atoms with van der Waals surface area (Å²) in [6.07, 6.45) is 1.53. The number of hydrogen-bond donors (Lipinski definition) is 1. The third-order valence-electron chi connectivity index (χ3n) is 3.63. The normalized spacial score (nSPS) is 18.3. The van der Waals surface area contributed by atoms with Gasteiger partial charge in [0.05, 0.1) is 13.2 Å². The molecule has 1 aliphatic heterocycles. The summed E-state index contributed by atoms with van der Waals surface area (Å²) < 4.78 is 7.12. The number of fused-ring (bicyclic) bond motifs is 1. The highest BCUT2D eigenvalue weighted by Gasteiger charge is 2.17. The number of morpholine rings is 1. The molecule has 1 fully saturated rings. The van der Waals surface area contributed by atoms with Crippen molar-refractivity contribution >= 4 is 11.6 Å². The molecule has 108 valence electrons. The zero-order chi connectivity index (χ0) is 13.9. The summed E-state index contributed by atoms with van der Waals surface area (Å²) in [5.41, 5.74) is 0.937. The molecule has 2 aromatic heterocycles. The van der Waals surface area contributed by atoms with E-state index in [1.807, 2.05) is 13.0 Å². The summed E-state index contributed by atoms with van der Waals surface area (Å²) in [4.78, 5) is 10.9. The molecule has 1 saturated heterocycles. The van der Waals surface area contributed by atoms with E-state index in [0.29, 0.717) is 11.8 Å². The fourth-order valence-electron chi connectivity index (χ4n) is 2.46. The van der Waals surface area contributed by atoms with Crippen LogP contribution in [0.1, 0.15) is 12.6 Å². The SMILES string of the molecule is Cc1cc(NC[C@H](C)N2CCOCC2)n2ncnc2n1. The molecule has 1 aliphatic rings. The minimum atomic E-state index is 0.450. The number of rotatable bonds is 4. The van der Waals surface area contributed by atoms with E-state index in [4.69, 9.17) is 4.74 Å². The number of aromatic nitrogens is 4. The Morgan fingerprint density at radius 2 is 2.20 bits per heavy atom. The van der Waals surface area contributed by atoms with Crippen LogP contribution in [0, 0.1) is 6.92 Å². The molecule has 1 atom stereocenters.